The first-order valence-electron chi connectivity index (χ1n) is 8.80. The standard InChI is InChI=1S/C17H30N2O3/c1-13-10-14(2)12-19(11-13)16(20)15(3)18-6-4-17(5-7-18)21-8-9-22-17/h13-15H,4-12H2,1-3H3. The molecule has 3 rings (SSSR count). The van der Waals surface area contributed by atoms with Gasteiger partial charge in [-0.05, 0) is 25.2 Å². The molecule has 0 radical (unpaired) electrons. The fraction of sp³-hybridized carbons (Fsp3) is 0.941. The Labute approximate surface area is 133 Å². The number of nitrogens with zero attached hydrogens (tertiary/aromatic N) is 2. The van der Waals surface area contributed by atoms with Gasteiger partial charge in [0.2, 0.25) is 5.91 Å². The molecule has 0 saturated carbocycles. The highest BCUT2D eigenvalue weighted by molar-refractivity contribution is 5.81. The molecule has 5 heteroatoms. The molecule has 0 aromatic rings. The summed E-state index contributed by atoms with van der Waals surface area (Å²) in [6.07, 6.45) is 2.98. The zero-order valence-electron chi connectivity index (χ0n) is 14.2. The van der Waals surface area contributed by atoms with E-state index in [0.29, 0.717) is 31.0 Å². The molecule has 0 bridgehead atoms. The van der Waals surface area contributed by atoms with Gasteiger partial charge in [0.1, 0.15) is 0 Å². The van der Waals surface area contributed by atoms with E-state index in [2.05, 4.69) is 30.6 Å². The first-order chi connectivity index (χ1) is 10.5. The normalized spacial score (nSPS) is 34.0. The SMILES string of the molecule is CC1CC(C)CN(C(=O)C(C)N2CCC3(CC2)OCCO3)C1. The average Bonchev–Trinajstić information content (AvgIpc) is 2.94. The summed E-state index contributed by atoms with van der Waals surface area (Å²) in [6.45, 7) is 11.6. The summed E-state index contributed by atoms with van der Waals surface area (Å²) < 4.78 is 11.5. The molecular weight excluding hydrogens is 280 g/mol. The molecule has 5 nitrogen and oxygen atoms in total. The first-order valence-corrected chi connectivity index (χ1v) is 8.80. The molecule has 3 atom stereocenters. The van der Waals surface area contributed by atoms with Gasteiger partial charge in [0.15, 0.2) is 5.79 Å². The Morgan fingerprint density at radius 2 is 1.64 bits per heavy atom. The predicted molar refractivity (Wildman–Crippen MR) is 84.4 cm³/mol. The molecule has 22 heavy (non-hydrogen) atoms. The van der Waals surface area contributed by atoms with E-state index in [1.165, 1.54) is 6.42 Å². The van der Waals surface area contributed by atoms with Crippen LogP contribution >= 0.6 is 0 Å². The maximum atomic E-state index is 12.8. The van der Waals surface area contributed by atoms with Crippen molar-refractivity contribution >= 4 is 5.91 Å². The monoisotopic (exact) mass is 310 g/mol. The number of ether oxygens (including phenoxy) is 2. The minimum atomic E-state index is -0.354. The van der Waals surface area contributed by atoms with Crippen LogP contribution < -0.4 is 0 Å². The number of hydrogen-bond acceptors (Lipinski definition) is 4. The van der Waals surface area contributed by atoms with Crippen molar-refractivity contribution in [2.45, 2.75) is 51.9 Å². The summed E-state index contributed by atoms with van der Waals surface area (Å²) in [5.41, 5.74) is 0. The van der Waals surface area contributed by atoms with E-state index in [4.69, 9.17) is 9.47 Å². The Balaban J connectivity index is 1.55. The zero-order valence-corrected chi connectivity index (χ0v) is 14.2. The maximum absolute atomic E-state index is 12.8. The quantitative estimate of drug-likeness (QED) is 0.779. The van der Waals surface area contributed by atoms with Crippen molar-refractivity contribution in [1.29, 1.82) is 0 Å². The number of likely N-dealkylation sites (tertiary alicyclic amines) is 2. The van der Waals surface area contributed by atoms with Gasteiger partial charge in [-0.3, -0.25) is 9.69 Å². The second-order valence-electron chi connectivity index (χ2n) is 7.51. The molecule has 3 saturated heterocycles. The van der Waals surface area contributed by atoms with Crippen molar-refractivity contribution in [2.75, 3.05) is 39.4 Å². The molecule has 126 valence electrons. The lowest BCUT2D eigenvalue weighted by Crippen LogP contribution is -2.55. The van der Waals surface area contributed by atoms with Gasteiger partial charge in [0.25, 0.3) is 0 Å². The van der Waals surface area contributed by atoms with Crippen molar-refractivity contribution in [1.82, 2.24) is 9.80 Å². The molecule has 0 N–H and O–H groups in total. The zero-order chi connectivity index (χ0) is 15.7. The highest BCUT2D eigenvalue weighted by Gasteiger charge is 2.42. The minimum absolute atomic E-state index is 0.0312. The highest BCUT2D eigenvalue weighted by Crippen LogP contribution is 2.32. The Kier molecular flexibility index (Phi) is 4.76. The molecule has 3 aliphatic rings. The Bertz CT molecular complexity index is 389. The molecule has 3 heterocycles. The van der Waals surface area contributed by atoms with E-state index in [-0.39, 0.29) is 11.8 Å². The molecule has 0 aromatic heterocycles. The van der Waals surface area contributed by atoms with Crippen LogP contribution in [0.25, 0.3) is 0 Å². The van der Waals surface area contributed by atoms with Gasteiger partial charge in [-0.15, -0.1) is 0 Å². The number of carbonyl (C=O) groups excluding carboxylic acids is 1. The molecule has 3 fully saturated rings. The number of hydrogen-bond donors (Lipinski definition) is 0. The van der Waals surface area contributed by atoms with Gasteiger partial charge in [-0.25, -0.2) is 0 Å². The van der Waals surface area contributed by atoms with Crippen LogP contribution in [0.4, 0.5) is 0 Å². The second-order valence-corrected chi connectivity index (χ2v) is 7.51. The van der Waals surface area contributed by atoms with Crippen molar-refractivity contribution in [3.05, 3.63) is 0 Å². The predicted octanol–water partition coefficient (Wildman–Crippen LogP) is 1.72. The lowest BCUT2D eigenvalue weighted by molar-refractivity contribution is -0.189. The van der Waals surface area contributed by atoms with Crippen molar-refractivity contribution in [2.24, 2.45) is 11.8 Å². The van der Waals surface area contributed by atoms with Crippen LogP contribution in [-0.4, -0.2) is 66.9 Å². The fourth-order valence-electron chi connectivity index (χ4n) is 4.30. The largest absolute Gasteiger partial charge is 0.347 e. The Morgan fingerprint density at radius 3 is 2.18 bits per heavy atom. The topological polar surface area (TPSA) is 42.0 Å². The molecule has 1 spiro atoms. The molecule has 3 aliphatic heterocycles. The van der Waals surface area contributed by atoms with E-state index in [1.807, 2.05) is 0 Å². The smallest absolute Gasteiger partial charge is 0.239 e. The van der Waals surface area contributed by atoms with Crippen LogP contribution in [0.3, 0.4) is 0 Å². The molecule has 0 aromatic carbocycles. The third-order valence-electron chi connectivity index (χ3n) is 5.46. The van der Waals surface area contributed by atoms with Gasteiger partial charge >= 0.3 is 0 Å². The van der Waals surface area contributed by atoms with Crippen LogP contribution in [0, 0.1) is 11.8 Å². The second kappa shape index (κ2) is 6.46. The van der Waals surface area contributed by atoms with E-state index < -0.39 is 0 Å². The molecule has 0 aliphatic carbocycles. The lowest BCUT2D eigenvalue weighted by atomic mass is 9.91. The third kappa shape index (κ3) is 3.31. The number of rotatable bonds is 2. The van der Waals surface area contributed by atoms with Gasteiger partial charge in [0.05, 0.1) is 19.3 Å². The van der Waals surface area contributed by atoms with Gasteiger partial charge < -0.3 is 14.4 Å². The van der Waals surface area contributed by atoms with E-state index >= 15 is 0 Å². The molecular formula is C17H30N2O3. The van der Waals surface area contributed by atoms with Crippen LogP contribution in [0.1, 0.15) is 40.0 Å². The van der Waals surface area contributed by atoms with Gasteiger partial charge in [0, 0.05) is 39.0 Å². The van der Waals surface area contributed by atoms with Gasteiger partial charge in [-0.2, -0.15) is 0 Å². The molecule has 1 amide bonds. The Hall–Kier alpha value is -0.650. The van der Waals surface area contributed by atoms with E-state index in [1.54, 1.807) is 0 Å². The summed E-state index contributed by atoms with van der Waals surface area (Å²) in [5, 5.41) is 0. The van der Waals surface area contributed by atoms with Crippen molar-refractivity contribution in [3.63, 3.8) is 0 Å². The van der Waals surface area contributed by atoms with Crippen molar-refractivity contribution in [3.8, 4) is 0 Å². The summed E-state index contributed by atoms with van der Waals surface area (Å²) in [6, 6.07) is -0.0312. The third-order valence-corrected chi connectivity index (χ3v) is 5.46. The Morgan fingerprint density at radius 1 is 1.09 bits per heavy atom. The lowest BCUT2D eigenvalue weighted by Gasteiger charge is -2.42. The average molecular weight is 310 g/mol. The highest BCUT2D eigenvalue weighted by atomic mass is 16.7. The van der Waals surface area contributed by atoms with Crippen LogP contribution in [0.5, 0.6) is 0 Å². The van der Waals surface area contributed by atoms with E-state index in [9.17, 15) is 4.79 Å². The van der Waals surface area contributed by atoms with Crippen LogP contribution in [0.2, 0.25) is 0 Å². The van der Waals surface area contributed by atoms with Crippen molar-refractivity contribution < 1.29 is 14.3 Å². The fourth-order valence-corrected chi connectivity index (χ4v) is 4.30. The number of piperidine rings is 2. The minimum Gasteiger partial charge on any atom is -0.347 e. The van der Waals surface area contributed by atoms with Gasteiger partial charge in [-0.1, -0.05) is 13.8 Å². The summed E-state index contributed by atoms with van der Waals surface area (Å²) in [7, 11) is 0. The maximum Gasteiger partial charge on any atom is 0.239 e. The molecule has 3 unspecified atom stereocenters. The summed E-state index contributed by atoms with van der Waals surface area (Å²) in [4.78, 5) is 17.2. The number of amides is 1. The number of carbonyl (C=O) groups is 1. The summed E-state index contributed by atoms with van der Waals surface area (Å²) in [5.74, 6) is 1.17. The van der Waals surface area contributed by atoms with Crippen LogP contribution in [-0.2, 0) is 14.3 Å². The van der Waals surface area contributed by atoms with E-state index in [0.717, 1.165) is 39.0 Å². The first kappa shape index (κ1) is 16.2. The van der Waals surface area contributed by atoms with Crippen LogP contribution in [0.15, 0.2) is 0 Å². The summed E-state index contributed by atoms with van der Waals surface area (Å²) >= 11 is 0.